The van der Waals surface area contributed by atoms with Crippen LogP contribution in [-0.4, -0.2) is 69.4 Å². The maximum absolute atomic E-state index is 13.0. The summed E-state index contributed by atoms with van der Waals surface area (Å²) in [5.74, 6) is 0.216. The highest BCUT2D eigenvalue weighted by Crippen LogP contribution is 2.29. The number of benzene rings is 1. The van der Waals surface area contributed by atoms with E-state index >= 15 is 0 Å². The van der Waals surface area contributed by atoms with Crippen LogP contribution >= 0.6 is 0 Å². The molecule has 28 heavy (non-hydrogen) atoms. The van der Waals surface area contributed by atoms with E-state index in [1.807, 2.05) is 19.2 Å². The zero-order valence-corrected chi connectivity index (χ0v) is 16.7. The number of morpholine rings is 1. The second-order valence-electron chi connectivity index (χ2n) is 7.87. The maximum Gasteiger partial charge on any atom is 0.237 e. The molecule has 1 aliphatic heterocycles. The number of amides is 1. The van der Waals surface area contributed by atoms with Gasteiger partial charge in [0.1, 0.15) is 12.7 Å². The van der Waals surface area contributed by atoms with Gasteiger partial charge in [-0.3, -0.25) is 9.69 Å². The Morgan fingerprint density at radius 1 is 1.29 bits per heavy atom. The molecule has 7 nitrogen and oxygen atoms in total. The lowest BCUT2D eigenvalue weighted by molar-refractivity contribution is -0.150. The molecule has 1 aromatic carbocycles. The van der Waals surface area contributed by atoms with E-state index in [9.17, 15) is 4.79 Å². The molecule has 3 atom stereocenters. The summed E-state index contributed by atoms with van der Waals surface area (Å²) in [4.78, 5) is 21.2. The predicted molar refractivity (Wildman–Crippen MR) is 106 cm³/mol. The number of aromatic nitrogens is 3. The van der Waals surface area contributed by atoms with Crippen molar-refractivity contribution in [3.05, 3.63) is 42.5 Å². The monoisotopic (exact) mass is 383 g/mol. The molecule has 150 valence electrons. The summed E-state index contributed by atoms with van der Waals surface area (Å²) in [7, 11) is 2.02. The van der Waals surface area contributed by atoms with Gasteiger partial charge in [-0.1, -0.05) is 25.0 Å². The Labute approximate surface area is 166 Å². The van der Waals surface area contributed by atoms with E-state index in [0.29, 0.717) is 13.2 Å². The van der Waals surface area contributed by atoms with E-state index in [1.54, 1.807) is 11.0 Å². The number of likely N-dealkylation sites (N-methyl/N-ethyl adjacent to an activating group) is 1. The van der Waals surface area contributed by atoms with Crippen LogP contribution in [0.25, 0.3) is 5.69 Å². The average molecular weight is 383 g/mol. The Morgan fingerprint density at radius 3 is 2.82 bits per heavy atom. The van der Waals surface area contributed by atoms with Gasteiger partial charge >= 0.3 is 0 Å². The van der Waals surface area contributed by atoms with Gasteiger partial charge in [0.15, 0.2) is 0 Å². The molecular formula is C21H29N5O2. The van der Waals surface area contributed by atoms with Crippen molar-refractivity contribution in [2.75, 3.05) is 26.7 Å². The van der Waals surface area contributed by atoms with Crippen molar-refractivity contribution in [2.24, 2.45) is 0 Å². The molecule has 2 fully saturated rings. The molecule has 1 aliphatic carbocycles. The zero-order valence-electron chi connectivity index (χ0n) is 16.7. The van der Waals surface area contributed by atoms with Crippen molar-refractivity contribution in [1.82, 2.24) is 24.6 Å². The average Bonchev–Trinajstić information content (AvgIpc) is 3.27. The third-order valence-electron chi connectivity index (χ3n) is 6.16. The molecule has 1 saturated carbocycles. The van der Waals surface area contributed by atoms with Crippen molar-refractivity contribution in [1.29, 1.82) is 0 Å². The van der Waals surface area contributed by atoms with Crippen LogP contribution in [0, 0.1) is 0 Å². The first-order valence-electron chi connectivity index (χ1n) is 10.2. The Balaban J connectivity index is 1.38. The van der Waals surface area contributed by atoms with Gasteiger partial charge < -0.3 is 9.64 Å². The Hall–Kier alpha value is -2.25. The van der Waals surface area contributed by atoms with Gasteiger partial charge in [-0.25, -0.2) is 9.67 Å². The van der Waals surface area contributed by atoms with E-state index in [1.165, 1.54) is 24.7 Å². The molecule has 2 aliphatic rings. The van der Waals surface area contributed by atoms with Crippen LogP contribution in [0.2, 0.25) is 0 Å². The standard InChI is InChI=1S/C21H29N5O2/c1-16(17-7-9-18(10-8-17)26-15-22-14-23-26)24(2)13-21(27)25-11-12-28-20-6-4-3-5-19(20)25/h7-10,14-16,19-20H,3-6,11-13H2,1-2H3. The van der Waals surface area contributed by atoms with Crippen LogP contribution in [0.5, 0.6) is 0 Å². The van der Waals surface area contributed by atoms with Gasteiger partial charge in [0, 0.05) is 12.6 Å². The van der Waals surface area contributed by atoms with Crippen LogP contribution in [0.4, 0.5) is 0 Å². The molecule has 3 unspecified atom stereocenters. The lowest BCUT2D eigenvalue weighted by atomic mass is 9.90. The molecule has 1 amide bonds. The van der Waals surface area contributed by atoms with Crippen molar-refractivity contribution >= 4 is 5.91 Å². The van der Waals surface area contributed by atoms with Gasteiger partial charge in [-0.05, 0) is 44.5 Å². The van der Waals surface area contributed by atoms with E-state index in [2.05, 4.69) is 38.9 Å². The topological polar surface area (TPSA) is 63.5 Å². The summed E-state index contributed by atoms with van der Waals surface area (Å²) in [6.45, 7) is 3.94. The molecular weight excluding hydrogens is 354 g/mol. The summed E-state index contributed by atoms with van der Waals surface area (Å²) in [5.41, 5.74) is 2.15. The molecule has 4 rings (SSSR count). The molecule has 0 bridgehead atoms. The zero-order chi connectivity index (χ0) is 19.5. The number of carbonyl (C=O) groups excluding carboxylic acids is 1. The fourth-order valence-electron chi connectivity index (χ4n) is 4.35. The number of carbonyl (C=O) groups is 1. The quantitative estimate of drug-likeness (QED) is 0.794. The first kappa shape index (κ1) is 19.1. The largest absolute Gasteiger partial charge is 0.374 e. The number of ether oxygens (including phenoxy) is 1. The summed E-state index contributed by atoms with van der Waals surface area (Å²) >= 11 is 0. The minimum atomic E-state index is 0.150. The maximum atomic E-state index is 13.0. The second kappa shape index (κ2) is 8.41. The fraction of sp³-hybridized carbons (Fsp3) is 0.571. The van der Waals surface area contributed by atoms with Crippen LogP contribution in [0.15, 0.2) is 36.9 Å². The van der Waals surface area contributed by atoms with Gasteiger partial charge in [0.05, 0.1) is 31.0 Å². The van der Waals surface area contributed by atoms with Gasteiger partial charge in [0.25, 0.3) is 0 Å². The SMILES string of the molecule is CC(c1ccc(-n2cncn2)cc1)N(C)CC(=O)N1CCOC2CCCCC21. The van der Waals surface area contributed by atoms with E-state index in [0.717, 1.165) is 25.1 Å². The Morgan fingerprint density at radius 2 is 2.07 bits per heavy atom. The molecule has 7 heteroatoms. The van der Waals surface area contributed by atoms with Crippen LogP contribution in [0.1, 0.15) is 44.2 Å². The summed E-state index contributed by atoms with van der Waals surface area (Å²) in [6.07, 6.45) is 8.00. The highest BCUT2D eigenvalue weighted by molar-refractivity contribution is 5.78. The number of hydrogen-bond donors (Lipinski definition) is 0. The lowest BCUT2D eigenvalue weighted by Crippen LogP contribution is -2.56. The molecule has 1 saturated heterocycles. The molecule has 0 N–H and O–H groups in total. The third kappa shape index (κ3) is 3.95. The van der Waals surface area contributed by atoms with E-state index in [-0.39, 0.29) is 24.1 Å². The van der Waals surface area contributed by atoms with Crippen LogP contribution in [0.3, 0.4) is 0 Å². The fourth-order valence-corrected chi connectivity index (χ4v) is 4.35. The normalized spacial score (nSPS) is 23.5. The minimum absolute atomic E-state index is 0.150. The van der Waals surface area contributed by atoms with Crippen molar-refractivity contribution < 1.29 is 9.53 Å². The third-order valence-corrected chi connectivity index (χ3v) is 6.16. The van der Waals surface area contributed by atoms with Gasteiger partial charge in [0.2, 0.25) is 5.91 Å². The first-order chi connectivity index (χ1) is 13.6. The summed E-state index contributed by atoms with van der Waals surface area (Å²) in [6, 6.07) is 8.66. The molecule has 2 heterocycles. The lowest BCUT2D eigenvalue weighted by Gasteiger charge is -2.44. The first-order valence-corrected chi connectivity index (χ1v) is 10.2. The minimum Gasteiger partial charge on any atom is -0.374 e. The Kier molecular flexibility index (Phi) is 5.73. The molecule has 1 aromatic heterocycles. The number of rotatable bonds is 5. The highest BCUT2D eigenvalue weighted by atomic mass is 16.5. The Bertz CT molecular complexity index is 775. The molecule has 0 spiro atoms. The number of hydrogen-bond acceptors (Lipinski definition) is 5. The highest BCUT2D eigenvalue weighted by Gasteiger charge is 2.36. The van der Waals surface area contributed by atoms with Crippen molar-refractivity contribution in [2.45, 2.75) is 50.8 Å². The van der Waals surface area contributed by atoms with Gasteiger partial charge in [-0.2, -0.15) is 5.10 Å². The number of nitrogens with zero attached hydrogens (tertiary/aromatic N) is 5. The van der Waals surface area contributed by atoms with E-state index in [4.69, 9.17) is 4.74 Å². The summed E-state index contributed by atoms with van der Waals surface area (Å²) < 4.78 is 7.64. The molecule has 2 aromatic rings. The van der Waals surface area contributed by atoms with Crippen LogP contribution < -0.4 is 0 Å². The van der Waals surface area contributed by atoms with Gasteiger partial charge in [-0.15, -0.1) is 0 Å². The summed E-state index contributed by atoms with van der Waals surface area (Å²) in [5, 5.41) is 4.15. The van der Waals surface area contributed by atoms with Crippen molar-refractivity contribution in [3.8, 4) is 5.69 Å². The smallest absolute Gasteiger partial charge is 0.237 e. The predicted octanol–water partition coefficient (Wildman–Crippen LogP) is 2.43. The van der Waals surface area contributed by atoms with Crippen LogP contribution in [-0.2, 0) is 9.53 Å². The van der Waals surface area contributed by atoms with Crippen molar-refractivity contribution in [3.63, 3.8) is 0 Å². The number of fused-ring (bicyclic) bond motifs is 1. The van der Waals surface area contributed by atoms with E-state index < -0.39 is 0 Å². The molecule has 0 radical (unpaired) electrons. The second-order valence-corrected chi connectivity index (χ2v) is 7.87.